The minimum atomic E-state index is -0.496. The van der Waals surface area contributed by atoms with Gasteiger partial charge in [0, 0.05) is 19.6 Å². The van der Waals surface area contributed by atoms with E-state index in [1.807, 2.05) is 0 Å². The van der Waals surface area contributed by atoms with Gasteiger partial charge in [-0.1, -0.05) is 12.8 Å². The van der Waals surface area contributed by atoms with Crippen molar-refractivity contribution < 1.29 is 14.3 Å². The summed E-state index contributed by atoms with van der Waals surface area (Å²) in [6, 6.07) is -0.496. The number of morpholine rings is 1. The van der Waals surface area contributed by atoms with Crippen LogP contribution in [0.4, 0.5) is 0 Å². The van der Waals surface area contributed by atoms with Crippen molar-refractivity contribution in [2.45, 2.75) is 38.6 Å². The number of carbonyl (C=O) groups is 2. The standard InChI is InChI=1S/C14H25N3O3/c1-11(12(18)17-6-8-20-9-7-17)16-13(19)14(10-15)4-2-3-5-14/h11H,2-10,15H2,1H3,(H,16,19). The van der Waals surface area contributed by atoms with Gasteiger partial charge in [0.25, 0.3) is 0 Å². The molecule has 0 aromatic carbocycles. The van der Waals surface area contributed by atoms with Gasteiger partial charge in [0.1, 0.15) is 6.04 Å². The fraction of sp³-hybridized carbons (Fsp3) is 0.857. The number of nitrogens with one attached hydrogen (secondary N) is 1. The highest BCUT2D eigenvalue weighted by atomic mass is 16.5. The molecular weight excluding hydrogens is 258 g/mol. The van der Waals surface area contributed by atoms with E-state index in [1.165, 1.54) is 0 Å². The lowest BCUT2D eigenvalue weighted by molar-refractivity contribution is -0.141. The fourth-order valence-electron chi connectivity index (χ4n) is 3.04. The number of hydrogen-bond donors (Lipinski definition) is 2. The maximum absolute atomic E-state index is 12.4. The van der Waals surface area contributed by atoms with Gasteiger partial charge in [0.15, 0.2) is 0 Å². The van der Waals surface area contributed by atoms with Gasteiger partial charge in [-0.3, -0.25) is 9.59 Å². The van der Waals surface area contributed by atoms with Crippen molar-refractivity contribution in [1.82, 2.24) is 10.2 Å². The van der Waals surface area contributed by atoms with Crippen LogP contribution >= 0.6 is 0 Å². The molecule has 20 heavy (non-hydrogen) atoms. The van der Waals surface area contributed by atoms with Crippen LogP contribution in [-0.2, 0) is 14.3 Å². The van der Waals surface area contributed by atoms with Crippen molar-refractivity contribution in [2.24, 2.45) is 11.1 Å². The number of nitrogens with zero attached hydrogens (tertiary/aromatic N) is 1. The van der Waals surface area contributed by atoms with Crippen LogP contribution in [0.2, 0.25) is 0 Å². The Hall–Kier alpha value is -1.14. The number of hydrogen-bond acceptors (Lipinski definition) is 4. The molecule has 1 saturated carbocycles. The molecule has 0 bridgehead atoms. The average Bonchev–Trinajstić information content (AvgIpc) is 2.97. The molecule has 1 unspecified atom stereocenters. The summed E-state index contributed by atoms with van der Waals surface area (Å²) in [6.45, 7) is 4.44. The van der Waals surface area contributed by atoms with Gasteiger partial charge in [-0.25, -0.2) is 0 Å². The van der Waals surface area contributed by atoms with E-state index in [0.29, 0.717) is 32.8 Å². The van der Waals surface area contributed by atoms with E-state index in [0.717, 1.165) is 25.7 Å². The first kappa shape index (κ1) is 15.3. The van der Waals surface area contributed by atoms with E-state index >= 15 is 0 Å². The van der Waals surface area contributed by atoms with Crippen molar-refractivity contribution in [2.75, 3.05) is 32.8 Å². The third kappa shape index (κ3) is 3.12. The second-order valence-electron chi connectivity index (χ2n) is 5.82. The van der Waals surface area contributed by atoms with Crippen molar-refractivity contribution in [3.8, 4) is 0 Å². The van der Waals surface area contributed by atoms with Crippen LogP contribution in [0.1, 0.15) is 32.6 Å². The highest BCUT2D eigenvalue weighted by Gasteiger charge is 2.41. The van der Waals surface area contributed by atoms with E-state index in [4.69, 9.17) is 10.5 Å². The first-order valence-electron chi connectivity index (χ1n) is 7.47. The van der Waals surface area contributed by atoms with E-state index in [2.05, 4.69) is 5.32 Å². The monoisotopic (exact) mass is 283 g/mol. The smallest absolute Gasteiger partial charge is 0.245 e. The lowest BCUT2D eigenvalue weighted by Gasteiger charge is -2.32. The third-order valence-electron chi connectivity index (χ3n) is 4.47. The summed E-state index contributed by atoms with van der Waals surface area (Å²) in [6.07, 6.45) is 3.73. The molecule has 1 aliphatic heterocycles. The minimum absolute atomic E-state index is 0.0354. The minimum Gasteiger partial charge on any atom is -0.378 e. The largest absolute Gasteiger partial charge is 0.378 e. The zero-order valence-electron chi connectivity index (χ0n) is 12.2. The summed E-state index contributed by atoms with van der Waals surface area (Å²) in [7, 11) is 0. The lowest BCUT2D eigenvalue weighted by atomic mass is 9.85. The van der Waals surface area contributed by atoms with Gasteiger partial charge in [0.2, 0.25) is 11.8 Å². The van der Waals surface area contributed by atoms with E-state index in [1.54, 1.807) is 11.8 Å². The van der Waals surface area contributed by atoms with Gasteiger partial charge in [-0.05, 0) is 19.8 Å². The molecule has 0 radical (unpaired) electrons. The highest BCUT2D eigenvalue weighted by Crippen LogP contribution is 2.37. The molecule has 1 saturated heterocycles. The van der Waals surface area contributed by atoms with Crippen LogP contribution < -0.4 is 11.1 Å². The highest BCUT2D eigenvalue weighted by molar-refractivity contribution is 5.90. The predicted octanol–water partition coefficient (Wildman–Crippen LogP) is -0.131. The summed E-state index contributed by atoms with van der Waals surface area (Å²) < 4.78 is 5.23. The zero-order chi connectivity index (χ0) is 14.6. The molecular formula is C14H25N3O3. The van der Waals surface area contributed by atoms with Crippen LogP contribution in [0.5, 0.6) is 0 Å². The molecule has 2 amide bonds. The zero-order valence-corrected chi connectivity index (χ0v) is 12.2. The lowest BCUT2D eigenvalue weighted by Crippen LogP contribution is -2.54. The fourth-order valence-corrected chi connectivity index (χ4v) is 3.04. The molecule has 2 aliphatic rings. The van der Waals surface area contributed by atoms with Crippen LogP contribution in [0.25, 0.3) is 0 Å². The van der Waals surface area contributed by atoms with Crippen molar-refractivity contribution in [3.05, 3.63) is 0 Å². The van der Waals surface area contributed by atoms with Crippen LogP contribution in [0.3, 0.4) is 0 Å². The Balaban J connectivity index is 1.91. The Kier molecular flexibility index (Phi) is 4.99. The number of nitrogens with two attached hydrogens (primary N) is 1. The Bertz CT molecular complexity index is 361. The SMILES string of the molecule is CC(NC(=O)C1(CN)CCCC1)C(=O)N1CCOCC1. The van der Waals surface area contributed by atoms with Crippen molar-refractivity contribution >= 4 is 11.8 Å². The molecule has 0 aromatic rings. The molecule has 0 spiro atoms. The summed E-state index contributed by atoms with van der Waals surface area (Å²) in [5.41, 5.74) is 5.33. The molecule has 3 N–H and O–H groups in total. The van der Waals surface area contributed by atoms with Crippen molar-refractivity contribution in [1.29, 1.82) is 0 Å². The van der Waals surface area contributed by atoms with E-state index < -0.39 is 11.5 Å². The van der Waals surface area contributed by atoms with Crippen LogP contribution in [0.15, 0.2) is 0 Å². The van der Waals surface area contributed by atoms with Gasteiger partial charge in [-0.2, -0.15) is 0 Å². The van der Waals surface area contributed by atoms with Gasteiger partial charge in [-0.15, -0.1) is 0 Å². The molecule has 1 heterocycles. The number of carbonyl (C=O) groups excluding carboxylic acids is 2. The van der Waals surface area contributed by atoms with Crippen molar-refractivity contribution in [3.63, 3.8) is 0 Å². The van der Waals surface area contributed by atoms with E-state index in [9.17, 15) is 9.59 Å². The summed E-state index contributed by atoms with van der Waals surface area (Å²) in [4.78, 5) is 26.4. The third-order valence-corrected chi connectivity index (χ3v) is 4.47. The average molecular weight is 283 g/mol. The maximum atomic E-state index is 12.4. The first-order valence-corrected chi connectivity index (χ1v) is 7.47. The number of amides is 2. The quantitative estimate of drug-likeness (QED) is 0.752. The Morgan fingerprint density at radius 2 is 1.90 bits per heavy atom. The summed E-state index contributed by atoms with van der Waals surface area (Å²) >= 11 is 0. The van der Waals surface area contributed by atoms with E-state index in [-0.39, 0.29) is 11.8 Å². The number of ether oxygens (including phenoxy) is 1. The summed E-state index contributed by atoms with van der Waals surface area (Å²) in [5, 5.41) is 2.86. The van der Waals surface area contributed by atoms with Gasteiger partial charge < -0.3 is 20.7 Å². The van der Waals surface area contributed by atoms with Crippen LogP contribution in [0, 0.1) is 5.41 Å². The first-order chi connectivity index (χ1) is 9.59. The van der Waals surface area contributed by atoms with Gasteiger partial charge in [0.05, 0.1) is 18.6 Å². The topological polar surface area (TPSA) is 84.7 Å². The maximum Gasteiger partial charge on any atom is 0.245 e. The second kappa shape index (κ2) is 6.54. The normalized spacial score (nSPS) is 23.4. The Morgan fingerprint density at radius 1 is 1.30 bits per heavy atom. The Morgan fingerprint density at radius 3 is 2.45 bits per heavy atom. The molecule has 1 atom stereocenters. The summed E-state index contributed by atoms with van der Waals surface area (Å²) in [5.74, 6) is -0.0987. The number of rotatable bonds is 4. The second-order valence-corrected chi connectivity index (χ2v) is 5.82. The predicted molar refractivity (Wildman–Crippen MR) is 75.0 cm³/mol. The molecule has 2 rings (SSSR count). The molecule has 2 fully saturated rings. The molecule has 0 aromatic heterocycles. The van der Waals surface area contributed by atoms with Crippen LogP contribution in [-0.4, -0.2) is 55.6 Å². The molecule has 114 valence electrons. The molecule has 6 nitrogen and oxygen atoms in total. The van der Waals surface area contributed by atoms with Gasteiger partial charge >= 0.3 is 0 Å². The molecule has 6 heteroatoms. The Labute approximate surface area is 120 Å². The molecule has 1 aliphatic carbocycles.